The molecule has 0 saturated heterocycles. The second-order valence-electron chi connectivity index (χ2n) is 8.70. The Morgan fingerprint density at radius 3 is 2.55 bits per heavy atom. The average molecular weight is 476 g/mol. The molecule has 4 N–H and O–H groups in total. The van der Waals surface area contributed by atoms with Gasteiger partial charge in [-0.25, -0.2) is 9.55 Å². The quantitative estimate of drug-likeness (QED) is 0.382. The zero-order valence-corrected chi connectivity index (χ0v) is 19.3. The lowest BCUT2D eigenvalue weighted by Crippen LogP contribution is -2.36. The van der Waals surface area contributed by atoms with Crippen LogP contribution in [-0.4, -0.2) is 60.8 Å². The standard InChI is InChI=1S/C18H27ClN5O6P/c1-8(2)29-31(27,30-9(3)4)28-6-18-5-10(18)12(13(25)14(18)26)24-7-21-11-15(20)22-17(19)23-16(11)24/h7-10,12-14,25-26H,5-6H2,1-4H3,(H2,20,22,23)/t10-,12-,13+,14+,18+/m1/s1. The molecule has 172 valence electrons. The van der Waals surface area contributed by atoms with E-state index in [1.54, 1.807) is 32.3 Å². The molecule has 0 radical (unpaired) electrons. The van der Waals surface area contributed by atoms with E-state index in [1.165, 1.54) is 6.33 Å². The van der Waals surface area contributed by atoms with Gasteiger partial charge in [0.1, 0.15) is 11.6 Å². The molecule has 2 aliphatic rings. The number of nitrogen functional groups attached to an aromatic ring is 1. The minimum Gasteiger partial charge on any atom is -0.390 e. The van der Waals surface area contributed by atoms with Crippen molar-refractivity contribution >= 4 is 36.4 Å². The van der Waals surface area contributed by atoms with E-state index in [0.717, 1.165) is 0 Å². The molecule has 0 spiro atoms. The third-order valence-corrected chi connectivity index (χ3v) is 7.74. The van der Waals surface area contributed by atoms with Crippen molar-refractivity contribution in [2.75, 3.05) is 12.3 Å². The minimum atomic E-state index is -3.84. The summed E-state index contributed by atoms with van der Waals surface area (Å²) in [5.74, 6) is -0.0406. The van der Waals surface area contributed by atoms with Crippen LogP contribution in [0.3, 0.4) is 0 Å². The van der Waals surface area contributed by atoms with Crippen molar-refractivity contribution < 1.29 is 28.3 Å². The van der Waals surface area contributed by atoms with Crippen molar-refractivity contribution in [1.82, 2.24) is 19.5 Å². The predicted octanol–water partition coefficient (Wildman–Crippen LogP) is 2.32. The van der Waals surface area contributed by atoms with Gasteiger partial charge in [-0.05, 0) is 51.6 Å². The number of phosphoric acid groups is 1. The van der Waals surface area contributed by atoms with Crippen molar-refractivity contribution in [3.63, 3.8) is 0 Å². The summed E-state index contributed by atoms with van der Waals surface area (Å²) in [6.07, 6.45) is -0.941. The van der Waals surface area contributed by atoms with Gasteiger partial charge >= 0.3 is 7.82 Å². The van der Waals surface area contributed by atoms with E-state index in [1.807, 2.05) is 0 Å². The molecular formula is C18H27ClN5O6P. The summed E-state index contributed by atoms with van der Waals surface area (Å²) < 4.78 is 31.2. The molecule has 0 amide bonds. The minimum absolute atomic E-state index is 0.0391. The predicted molar refractivity (Wildman–Crippen MR) is 112 cm³/mol. The maximum atomic E-state index is 13.0. The van der Waals surface area contributed by atoms with E-state index < -0.39 is 31.5 Å². The lowest BCUT2D eigenvalue weighted by atomic mass is 10.0. The van der Waals surface area contributed by atoms with E-state index >= 15 is 0 Å². The van der Waals surface area contributed by atoms with Crippen molar-refractivity contribution in [3.05, 3.63) is 11.6 Å². The number of aromatic nitrogens is 4. The van der Waals surface area contributed by atoms with Crippen molar-refractivity contribution in [1.29, 1.82) is 0 Å². The highest BCUT2D eigenvalue weighted by Crippen LogP contribution is 2.69. The molecule has 4 rings (SSSR count). The lowest BCUT2D eigenvalue weighted by Gasteiger charge is -2.26. The maximum Gasteiger partial charge on any atom is 0.475 e. The van der Waals surface area contributed by atoms with Crippen LogP contribution in [0.25, 0.3) is 11.2 Å². The van der Waals surface area contributed by atoms with Crippen molar-refractivity contribution in [2.24, 2.45) is 11.3 Å². The van der Waals surface area contributed by atoms with Crippen LogP contribution < -0.4 is 5.73 Å². The van der Waals surface area contributed by atoms with Gasteiger partial charge < -0.3 is 20.5 Å². The van der Waals surface area contributed by atoms with Crippen LogP contribution >= 0.6 is 19.4 Å². The number of fused-ring (bicyclic) bond motifs is 2. The van der Waals surface area contributed by atoms with Gasteiger partial charge in [0.15, 0.2) is 11.5 Å². The highest BCUT2D eigenvalue weighted by molar-refractivity contribution is 7.48. The molecule has 2 fully saturated rings. The van der Waals surface area contributed by atoms with Gasteiger partial charge in [0, 0.05) is 5.41 Å². The highest BCUT2D eigenvalue weighted by atomic mass is 35.5. The van der Waals surface area contributed by atoms with Crippen LogP contribution in [0.5, 0.6) is 0 Å². The summed E-state index contributed by atoms with van der Waals surface area (Å²) in [5.41, 5.74) is 5.81. The number of hydrogen-bond donors (Lipinski definition) is 3. The van der Waals surface area contributed by atoms with Crippen LogP contribution in [0, 0.1) is 11.3 Å². The van der Waals surface area contributed by atoms with Gasteiger partial charge in [-0.2, -0.15) is 9.97 Å². The third kappa shape index (κ3) is 3.97. The fraction of sp³-hybridized carbons (Fsp3) is 0.722. The number of hydrogen-bond acceptors (Lipinski definition) is 10. The SMILES string of the molecule is CC(C)OP(=O)(OC[C@@]12C[C@@H]1[C@@H](n1cnc3c(N)nc(Cl)nc31)[C@H](O)[C@@H]2O)OC(C)C. The number of nitrogens with zero attached hydrogens (tertiary/aromatic N) is 4. The molecular weight excluding hydrogens is 449 g/mol. The van der Waals surface area contributed by atoms with Crippen LogP contribution in [0.15, 0.2) is 6.33 Å². The smallest absolute Gasteiger partial charge is 0.390 e. The Labute approximate surface area is 184 Å². The zero-order valence-electron chi connectivity index (χ0n) is 17.7. The summed E-state index contributed by atoms with van der Waals surface area (Å²) in [4.78, 5) is 12.3. The van der Waals surface area contributed by atoms with Gasteiger partial charge in [0.2, 0.25) is 5.28 Å². The average Bonchev–Trinajstić information content (AvgIpc) is 3.15. The number of rotatable bonds is 8. The first-order valence-corrected chi connectivity index (χ1v) is 11.9. The summed E-state index contributed by atoms with van der Waals surface area (Å²) in [7, 11) is -3.84. The Morgan fingerprint density at radius 2 is 1.94 bits per heavy atom. The van der Waals surface area contributed by atoms with Crippen molar-refractivity contribution in [3.8, 4) is 0 Å². The Bertz CT molecular complexity index is 1020. The first-order chi connectivity index (χ1) is 14.5. The van der Waals surface area contributed by atoms with Crippen LogP contribution in [0.1, 0.15) is 40.2 Å². The van der Waals surface area contributed by atoms with E-state index in [2.05, 4.69) is 15.0 Å². The molecule has 0 unspecified atom stereocenters. The number of aliphatic hydroxyl groups excluding tert-OH is 2. The number of phosphoric ester groups is 1. The van der Waals surface area contributed by atoms with Crippen LogP contribution in [0.2, 0.25) is 5.28 Å². The Kier molecular flexibility index (Phi) is 5.83. The first kappa shape index (κ1) is 22.8. The Hall–Kier alpha value is -1.33. The molecule has 5 atom stereocenters. The molecule has 2 saturated carbocycles. The largest absolute Gasteiger partial charge is 0.475 e. The molecule has 31 heavy (non-hydrogen) atoms. The summed E-state index contributed by atoms with van der Waals surface area (Å²) in [5, 5.41) is 21.6. The number of anilines is 1. The van der Waals surface area contributed by atoms with Gasteiger partial charge in [-0.1, -0.05) is 0 Å². The van der Waals surface area contributed by atoms with Crippen molar-refractivity contribution in [2.45, 2.75) is 64.6 Å². The highest BCUT2D eigenvalue weighted by Gasteiger charge is 2.72. The molecule has 0 aliphatic heterocycles. The Balaban J connectivity index is 1.59. The van der Waals surface area contributed by atoms with E-state index in [9.17, 15) is 14.8 Å². The number of nitrogens with two attached hydrogens (primary N) is 1. The van der Waals surface area contributed by atoms with E-state index in [0.29, 0.717) is 17.6 Å². The molecule has 2 aliphatic carbocycles. The second kappa shape index (κ2) is 7.91. The molecule has 13 heteroatoms. The Morgan fingerprint density at radius 1 is 1.29 bits per heavy atom. The fourth-order valence-electron chi connectivity index (χ4n) is 4.46. The fourth-order valence-corrected chi connectivity index (χ4v) is 6.23. The topological polar surface area (TPSA) is 155 Å². The monoisotopic (exact) mass is 475 g/mol. The second-order valence-corrected chi connectivity index (χ2v) is 10.6. The summed E-state index contributed by atoms with van der Waals surface area (Å²) in [6.45, 7) is 6.82. The van der Waals surface area contributed by atoms with Crippen LogP contribution in [0.4, 0.5) is 5.82 Å². The van der Waals surface area contributed by atoms with Gasteiger partial charge in [0.25, 0.3) is 0 Å². The molecule has 2 heterocycles. The number of imidazole rings is 1. The van der Waals surface area contributed by atoms with E-state index in [4.69, 9.17) is 30.9 Å². The maximum absolute atomic E-state index is 13.0. The molecule has 0 aromatic carbocycles. The third-order valence-electron chi connectivity index (χ3n) is 5.77. The molecule has 2 aromatic rings. The normalized spacial score (nSPS) is 30.5. The van der Waals surface area contributed by atoms with E-state index in [-0.39, 0.29) is 35.8 Å². The molecule has 2 aromatic heterocycles. The summed E-state index contributed by atoms with van der Waals surface area (Å²) >= 11 is 5.95. The van der Waals surface area contributed by atoms with Crippen LogP contribution in [-0.2, 0) is 18.1 Å². The number of aliphatic hydroxyl groups is 2. The van der Waals surface area contributed by atoms with Gasteiger partial charge in [0.05, 0.1) is 37.3 Å². The first-order valence-electron chi connectivity index (χ1n) is 10.1. The van der Waals surface area contributed by atoms with Gasteiger partial charge in [-0.3, -0.25) is 13.6 Å². The molecule has 0 bridgehead atoms. The van der Waals surface area contributed by atoms with Gasteiger partial charge in [-0.15, -0.1) is 0 Å². The lowest BCUT2D eigenvalue weighted by molar-refractivity contribution is -0.0337. The number of halogens is 1. The molecule has 11 nitrogen and oxygen atoms in total. The summed E-state index contributed by atoms with van der Waals surface area (Å²) in [6, 6.07) is -0.537. The zero-order chi connectivity index (χ0) is 22.7.